The molecule has 0 aromatic rings. The second-order valence-electron chi connectivity index (χ2n) is 3.51. The Balaban J connectivity index is 2.03. The fourth-order valence-electron chi connectivity index (χ4n) is 2.33. The predicted octanol–water partition coefficient (Wildman–Crippen LogP) is 0.509. The molecule has 58 valence electrons. The van der Waals surface area contributed by atoms with Gasteiger partial charge < -0.3 is 10.4 Å². The van der Waals surface area contributed by atoms with Crippen molar-refractivity contribution in [2.24, 2.45) is 5.92 Å². The lowest BCUT2D eigenvalue weighted by Crippen LogP contribution is -2.37. The number of nitrogens with one attached hydrogen (secondary N) is 1. The normalized spacial score (nSPS) is 47.1. The minimum atomic E-state index is -0.00579. The van der Waals surface area contributed by atoms with Crippen molar-refractivity contribution in [2.75, 3.05) is 6.54 Å². The highest BCUT2D eigenvalue weighted by Gasteiger charge is 2.34. The van der Waals surface area contributed by atoms with E-state index in [1.165, 1.54) is 19.3 Å². The molecule has 1 aliphatic heterocycles. The molecule has 10 heavy (non-hydrogen) atoms. The van der Waals surface area contributed by atoms with E-state index >= 15 is 0 Å². The summed E-state index contributed by atoms with van der Waals surface area (Å²) in [4.78, 5) is 0. The van der Waals surface area contributed by atoms with Gasteiger partial charge >= 0.3 is 0 Å². The van der Waals surface area contributed by atoms with Crippen LogP contribution in [0.3, 0.4) is 0 Å². The van der Waals surface area contributed by atoms with Crippen LogP contribution in [0.2, 0.25) is 0 Å². The zero-order chi connectivity index (χ0) is 6.97. The maximum absolute atomic E-state index is 9.54. The summed E-state index contributed by atoms with van der Waals surface area (Å²) in [5, 5.41) is 13.0. The van der Waals surface area contributed by atoms with Gasteiger partial charge in [0.25, 0.3) is 0 Å². The Morgan fingerprint density at radius 1 is 1.20 bits per heavy atom. The van der Waals surface area contributed by atoms with Gasteiger partial charge in [0, 0.05) is 12.0 Å². The fourth-order valence-corrected chi connectivity index (χ4v) is 2.33. The lowest BCUT2D eigenvalue weighted by atomic mass is 9.83. The van der Waals surface area contributed by atoms with Gasteiger partial charge in [0.05, 0.1) is 6.10 Å². The molecule has 0 bridgehead atoms. The lowest BCUT2D eigenvalue weighted by molar-refractivity contribution is 0.0652. The maximum Gasteiger partial charge on any atom is 0.0583 e. The van der Waals surface area contributed by atoms with Crippen molar-refractivity contribution in [3.05, 3.63) is 0 Å². The van der Waals surface area contributed by atoms with Crippen LogP contribution in [0.4, 0.5) is 0 Å². The molecule has 1 heterocycles. The molecule has 0 amide bonds. The topological polar surface area (TPSA) is 32.3 Å². The summed E-state index contributed by atoms with van der Waals surface area (Å²) in [5.74, 6) is 0.578. The van der Waals surface area contributed by atoms with Gasteiger partial charge in [0.1, 0.15) is 0 Å². The quantitative estimate of drug-likeness (QED) is 0.515. The molecule has 0 aromatic heterocycles. The third-order valence-electron chi connectivity index (χ3n) is 2.91. The second kappa shape index (κ2) is 2.51. The zero-order valence-corrected chi connectivity index (χ0v) is 6.21. The van der Waals surface area contributed by atoms with Crippen LogP contribution in [0.15, 0.2) is 0 Å². The first-order chi connectivity index (χ1) is 4.88. The van der Waals surface area contributed by atoms with Crippen molar-refractivity contribution in [2.45, 2.75) is 37.8 Å². The van der Waals surface area contributed by atoms with Crippen LogP contribution in [-0.2, 0) is 0 Å². The molecule has 2 rings (SSSR count). The van der Waals surface area contributed by atoms with Gasteiger partial charge in [-0.3, -0.25) is 0 Å². The first-order valence-electron chi connectivity index (χ1n) is 4.29. The van der Waals surface area contributed by atoms with E-state index in [4.69, 9.17) is 0 Å². The van der Waals surface area contributed by atoms with Crippen molar-refractivity contribution < 1.29 is 5.11 Å². The van der Waals surface area contributed by atoms with Crippen LogP contribution in [0.25, 0.3) is 0 Å². The van der Waals surface area contributed by atoms with Crippen LogP contribution in [0.1, 0.15) is 25.7 Å². The van der Waals surface area contributed by atoms with E-state index in [0.717, 1.165) is 13.0 Å². The minimum absolute atomic E-state index is 0.00579. The highest BCUT2D eigenvalue weighted by Crippen LogP contribution is 2.30. The molecule has 1 saturated heterocycles. The van der Waals surface area contributed by atoms with E-state index in [-0.39, 0.29) is 6.10 Å². The Labute approximate surface area is 61.6 Å². The van der Waals surface area contributed by atoms with Crippen LogP contribution in [0, 0.1) is 5.92 Å². The maximum atomic E-state index is 9.54. The van der Waals surface area contributed by atoms with Crippen molar-refractivity contribution in [1.29, 1.82) is 0 Å². The van der Waals surface area contributed by atoms with Gasteiger partial charge in [-0.1, -0.05) is 0 Å². The second-order valence-corrected chi connectivity index (χ2v) is 3.51. The molecule has 1 saturated carbocycles. The summed E-state index contributed by atoms with van der Waals surface area (Å²) in [7, 11) is 0. The number of hydrogen-bond acceptors (Lipinski definition) is 2. The van der Waals surface area contributed by atoms with Crippen LogP contribution in [0.5, 0.6) is 0 Å². The Hall–Kier alpha value is -0.0800. The highest BCUT2D eigenvalue weighted by atomic mass is 16.3. The van der Waals surface area contributed by atoms with Crippen molar-refractivity contribution >= 4 is 0 Å². The summed E-state index contributed by atoms with van der Waals surface area (Å²) < 4.78 is 0. The molecule has 0 radical (unpaired) electrons. The summed E-state index contributed by atoms with van der Waals surface area (Å²) >= 11 is 0. The standard InChI is InChI=1S/C8H15NO/c10-8-3-1-2-7-6(8)4-5-9-7/h6-10H,1-5H2. The Bertz CT molecular complexity index is 126. The van der Waals surface area contributed by atoms with Crippen molar-refractivity contribution in [3.8, 4) is 0 Å². The highest BCUT2D eigenvalue weighted by molar-refractivity contribution is 4.91. The molecule has 2 N–H and O–H groups in total. The fraction of sp³-hybridized carbons (Fsp3) is 1.00. The average Bonchev–Trinajstić information content (AvgIpc) is 2.36. The summed E-state index contributed by atoms with van der Waals surface area (Å²) in [5.41, 5.74) is 0. The van der Waals surface area contributed by atoms with Crippen molar-refractivity contribution in [3.63, 3.8) is 0 Å². The number of fused-ring (bicyclic) bond motifs is 1. The molecule has 3 atom stereocenters. The Kier molecular flexibility index (Phi) is 1.66. The third-order valence-corrected chi connectivity index (χ3v) is 2.91. The third kappa shape index (κ3) is 0.956. The van der Waals surface area contributed by atoms with E-state index in [2.05, 4.69) is 5.32 Å². The smallest absolute Gasteiger partial charge is 0.0583 e. The van der Waals surface area contributed by atoms with E-state index in [0.29, 0.717) is 12.0 Å². The number of aliphatic hydroxyl groups excluding tert-OH is 1. The molecule has 0 aromatic carbocycles. The number of rotatable bonds is 0. The SMILES string of the molecule is OC1CCCC2NCCC12. The van der Waals surface area contributed by atoms with E-state index in [9.17, 15) is 5.11 Å². The van der Waals surface area contributed by atoms with Gasteiger partial charge in [-0.05, 0) is 32.2 Å². The molecular weight excluding hydrogens is 126 g/mol. The van der Waals surface area contributed by atoms with Gasteiger partial charge in [0.15, 0.2) is 0 Å². The summed E-state index contributed by atoms with van der Waals surface area (Å²) in [6, 6.07) is 0.642. The van der Waals surface area contributed by atoms with Crippen molar-refractivity contribution in [1.82, 2.24) is 5.32 Å². The van der Waals surface area contributed by atoms with E-state index < -0.39 is 0 Å². The van der Waals surface area contributed by atoms with Gasteiger partial charge in [-0.2, -0.15) is 0 Å². The van der Waals surface area contributed by atoms with E-state index in [1.54, 1.807) is 0 Å². The number of hydrogen-bond donors (Lipinski definition) is 2. The van der Waals surface area contributed by atoms with Gasteiger partial charge in [0.2, 0.25) is 0 Å². The minimum Gasteiger partial charge on any atom is -0.393 e. The zero-order valence-electron chi connectivity index (χ0n) is 6.21. The molecule has 2 fully saturated rings. The Morgan fingerprint density at radius 3 is 2.90 bits per heavy atom. The van der Waals surface area contributed by atoms with Crippen LogP contribution >= 0.6 is 0 Å². The van der Waals surface area contributed by atoms with Gasteiger partial charge in [-0.25, -0.2) is 0 Å². The molecule has 2 aliphatic rings. The largest absolute Gasteiger partial charge is 0.393 e. The summed E-state index contributed by atoms with van der Waals surface area (Å²) in [6.45, 7) is 1.12. The average molecular weight is 141 g/mol. The molecule has 0 spiro atoms. The molecule has 2 nitrogen and oxygen atoms in total. The monoisotopic (exact) mass is 141 g/mol. The van der Waals surface area contributed by atoms with Crippen LogP contribution < -0.4 is 5.32 Å². The first-order valence-corrected chi connectivity index (χ1v) is 4.29. The predicted molar refractivity (Wildman–Crippen MR) is 39.8 cm³/mol. The molecule has 1 aliphatic carbocycles. The lowest BCUT2D eigenvalue weighted by Gasteiger charge is -2.29. The molecule has 3 unspecified atom stereocenters. The van der Waals surface area contributed by atoms with E-state index in [1.807, 2.05) is 0 Å². The summed E-state index contributed by atoms with van der Waals surface area (Å²) in [6.07, 6.45) is 4.69. The molecule has 2 heteroatoms. The first kappa shape index (κ1) is 6.62. The number of aliphatic hydroxyl groups is 1. The van der Waals surface area contributed by atoms with Crippen LogP contribution in [-0.4, -0.2) is 23.8 Å². The molecular formula is C8H15NO. The Morgan fingerprint density at radius 2 is 2.10 bits per heavy atom. The van der Waals surface area contributed by atoms with Gasteiger partial charge in [-0.15, -0.1) is 0 Å².